The van der Waals surface area contributed by atoms with Crippen LogP contribution in [0.3, 0.4) is 0 Å². The number of rotatable bonds is 4. The molecule has 58 valence electrons. The van der Waals surface area contributed by atoms with Gasteiger partial charge in [0.2, 0.25) is 0 Å². The molecule has 0 aliphatic heterocycles. The number of hydrogen-bond acceptors (Lipinski definition) is 2. The second-order valence-corrected chi connectivity index (χ2v) is 2.84. The van der Waals surface area contributed by atoms with Gasteiger partial charge >= 0.3 is 0 Å². The Balaban J connectivity index is 3.46. The molecule has 0 amide bonds. The third kappa shape index (κ3) is 4.50. The van der Waals surface area contributed by atoms with Gasteiger partial charge in [0.25, 0.3) is 0 Å². The molecule has 0 saturated heterocycles. The van der Waals surface area contributed by atoms with Gasteiger partial charge in [-0.25, -0.2) is 0 Å². The molecule has 0 radical (unpaired) electrons. The van der Waals surface area contributed by atoms with Gasteiger partial charge in [0.05, 0.1) is 5.03 Å². The summed E-state index contributed by atoms with van der Waals surface area (Å²) in [5.74, 6) is 1.05. The first-order valence-corrected chi connectivity index (χ1v) is 4.41. The smallest absolute Gasteiger partial charge is 0.0638 e. The molecular formula is C8H15NS. The molecule has 1 nitrogen and oxygen atoms in total. The summed E-state index contributed by atoms with van der Waals surface area (Å²) in [5, 5.41) is 4.34. The van der Waals surface area contributed by atoms with Crippen molar-refractivity contribution < 1.29 is 0 Å². The van der Waals surface area contributed by atoms with Gasteiger partial charge in [0.1, 0.15) is 0 Å². The van der Waals surface area contributed by atoms with Crippen LogP contribution in [-0.2, 0) is 0 Å². The van der Waals surface area contributed by atoms with E-state index in [4.69, 9.17) is 0 Å². The van der Waals surface area contributed by atoms with Gasteiger partial charge in [-0.15, -0.1) is 11.8 Å². The van der Waals surface area contributed by atoms with Crippen LogP contribution in [-0.4, -0.2) is 12.8 Å². The minimum atomic E-state index is 1.05. The molecule has 1 N–H and O–H groups in total. The fourth-order valence-corrected chi connectivity index (χ4v) is 1.31. The van der Waals surface area contributed by atoms with Gasteiger partial charge in [0.15, 0.2) is 0 Å². The van der Waals surface area contributed by atoms with Crippen LogP contribution >= 0.6 is 11.8 Å². The van der Waals surface area contributed by atoms with Crippen molar-refractivity contribution in [2.45, 2.75) is 13.8 Å². The SMILES string of the molecule is C/C=C\CS/C(=C\C)NC. The summed E-state index contributed by atoms with van der Waals surface area (Å²) in [7, 11) is 1.94. The molecule has 0 aliphatic carbocycles. The predicted molar refractivity (Wildman–Crippen MR) is 50.1 cm³/mol. The van der Waals surface area contributed by atoms with Crippen LogP contribution in [0.5, 0.6) is 0 Å². The molecule has 0 aromatic heterocycles. The molecule has 2 heteroatoms. The van der Waals surface area contributed by atoms with Gasteiger partial charge in [-0.2, -0.15) is 0 Å². The summed E-state index contributed by atoms with van der Waals surface area (Å²) < 4.78 is 0. The lowest BCUT2D eigenvalue weighted by atomic mass is 10.6. The Hall–Kier alpha value is -0.370. The standard InChI is InChI=1S/C8H15NS/c1-4-6-7-10-8(5-2)9-3/h4-6,9H,7H2,1-3H3/b6-4-,8-5-. The lowest BCUT2D eigenvalue weighted by Gasteiger charge is -2.01. The Labute approximate surface area is 67.6 Å². The molecule has 0 bridgehead atoms. The van der Waals surface area contributed by atoms with E-state index in [1.165, 1.54) is 5.03 Å². The highest BCUT2D eigenvalue weighted by Crippen LogP contribution is 2.10. The molecule has 0 aromatic rings. The topological polar surface area (TPSA) is 12.0 Å². The Morgan fingerprint density at radius 2 is 2.20 bits per heavy atom. The van der Waals surface area contributed by atoms with E-state index in [-0.39, 0.29) is 0 Å². The zero-order valence-corrected chi connectivity index (χ0v) is 7.66. The van der Waals surface area contributed by atoms with Gasteiger partial charge in [-0.1, -0.05) is 18.2 Å². The van der Waals surface area contributed by atoms with Crippen molar-refractivity contribution in [3.05, 3.63) is 23.3 Å². The number of thioether (sulfide) groups is 1. The van der Waals surface area contributed by atoms with E-state index in [2.05, 4.69) is 23.5 Å². The van der Waals surface area contributed by atoms with Crippen molar-refractivity contribution in [1.82, 2.24) is 5.32 Å². The molecule has 0 rings (SSSR count). The minimum Gasteiger partial charge on any atom is -0.383 e. The van der Waals surface area contributed by atoms with Crippen molar-refractivity contribution in [2.75, 3.05) is 12.8 Å². The quantitative estimate of drug-likeness (QED) is 0.629. The van der Waals surface area contributed by atoms with Crippen LogP contribution in [0, 0.1) is 0 Å². The third-order valence-corrected chi connectivity index (χ3v) is 2.19. The summed E-state index contributed by atoms with van der Waals surface area (Å²) in [6.07, 6.45) is 6.29. The first-order valence-electron chi connectivity index (χ1n) is 3.43. The average Bonchev–Trinajstić information content (AvgIpc) is 1.99. The summed E-state index contributed by atoms with van der Waals surface area (Å²) in [6.45, 7) is 4.07. The van der Waals surface area contributed by atoms with E-state index in [1.807, 2.05) is 32.7 Å². The highest BCUT2D eigenvalue weighted by atomic mass is 32.2. The van der Waals surface area contributed by atoms with Crippen molar-refractivity contribution >= 4 is 11.8 Å². The highest BCUT2D eigenvalue weighted by molar-refractivity contribution is 8.03. The van der Waals surface area contributed by atoms with E-state index in [0.29, 0.717) is 0 Å². The number of nitrogens with one attached hydrogen (secondary N) is 1. The van der Waals surface area contributed by atoms with Crippen LogP contribution < -0.4 is 5.32 Å². The highest BCUT2D eigenvalue weighted by Gasteiger charge is 1.87. The zero-order valence-electron chi connectivity index (χ0n) is 6.85. The maximum atomic E-state index is 3.10. The van der Waals surface area contributed by atoms with Crippen LogP contribution in [0.15, 0.2) is 23.3 Å². The molecule has 0 spiro atoms. The van der Waals surface area contributed by atoms with Crippen LogP contribution in [0.4, 0.5) is 0 Å². The molecular weight excluding hydrogens is 142 g/mol. The fraction of sp³-hybridized carbons (Fsp3) is 0.500. The molecule has 0 fully saturated rings. The van der Waals surface area contributed by atoms with Crippen LogP contribution in [0.1, 0.15) is 13.8 Å². The maximum absolute atomic E-state index is 3.10. The Bertz CT molecular complexity index is 127. The maximum Gasteiger partial charge on any atom is 0.0638 e. The van der Waals surface area contributed by atoms with Gasteiger partial charge in [-0.05, 0) is 13.8 Å². The van der Waals surface area contributed by atoms with Gasteiger partial charge in [-0.3, -0.25) is 0 Å². The first kappa shape index (κ1) is 9.63. The monoisotopic (exact) mass is 157 g/mol. The largest absolute Gasteiger partial charge is 0.383 e. The molecule has 0 aromatic carbocycles. The fourth-order valence-electron chi connectivity index (χ4n) is 0.534. The molecule has 0 heterocycles. The van der Waals surface area contributed by atoms with Gasteiger partial charge in [0, 0.05) is 12.8 Å². The van der Waals surface area contributed by atoms with Gasteiger partial charge < -0.3 is 5.32 Å². The second-order valence-electron chi connectivity index (χ2n) is 1.78. The third-order valence-electron chi connectivity index (χ3n) is 1.08. The number of hydrogen-bond donors (Lipinski definition) is 1. The van der Waals surface area contributed by atoms with Crippen molar-refractivity contribution in [1.29, 1.82) is 0 Å². The average molecular weight is 157 g/mol. The van der Waals surface area contributed by atoms with Crippen LogP contribution in [0.2, 0.25) is 0 Å². The van der Waals surface area contributed by atoms with Crippen molar-refractivity contribution in [3.63, 3.8) is 0 Å². The molecule has 10 heavy (non-hydrogen) atoms. The Kier molecular flexibility index (Phi) is 6.50. The minimum absolute atomic E-state index is 1.05. The summed E-state index contributed by atoms with van der Waals surface area (Å²) in [6, 6.07) is 0. The first-order chi connectivity index (χ1) is 4.85. The summed E-state index contributed by atoms with van der Waals surface area (Å²) >= 11 is 1.81. The van der Waals surface area contributed by atoms with E-state index < -0.39 is 0 Å². The normalized spacial score (nSPS) is 12.5. The predicted octanol–water partition coefficient (Wildman–Crippen LogP) is 2.38. The molecule has 0 unspecified atom stereocenters. The lowest BCUT2D eigenvalue weighted by Crippen LogP contribution is -2.01. The van der Waals surface area contributed by atoms with Crippen molar-refractivity contribution in [3.8, 4) is 0 Å². The van der Waals surface area contributed by atoms with E-state index in [9.17, 15) is 0 Å². The number of allylic oxidation sites excluding steroid dienone is 2. The van der Waals surface area contributed by atoms with Crippen LogP contribution in [0.25, 0.3) is 0 Å². The molecule has 0 atom stereocenters. The zero-order chi connectivity index (χ0) is 7.82. The van der Waals surface area contributed by atoms with Crippen molar-refractivity contribution in [2.24, 2.45) is 0 Å². The van der Waals surface area contributed by atoms with E-state index in [0.717, 1.165) is 5.75 Å². The summed E-state index contributed by atoms with van der Waals surface area (Å²) in [5.41, 5.74) is 0. The molecule has 0 saturated carbocycles. The van der Waals surface area contributed by atoms with E-state index >= 15 is 0 Å². The Morgan fingerprint density at radius 3 is 2.60 bits per heavy atom. The van der Waals surface area contributed by atoms with E-state index in [1.54, 1.807) is 0 Å². The Morgan fingerprint density at radius 1 is 1.50 bits per heavy atom. The molecule has 0 aliphatic rings. The second kappa shape index (κ2) is 6.75. The lowest BCUT2D eigenvalue weighted by molar-refractivity contribution is 1.07. The summed E-state index contributed by atoms with van der Waals surface area (Å²) in [4.78, 5) is 0.